The van der Waals surface area contributed by atoms with Gasteiger partial charge in [-0.15, -0.1) is 11.3 Å². The van der Waals surface area contributed by atoms with Crippen LogP contribution in [0.2, 0.25) is 0 Å². The molecule has 1 aliphatic rings. The topological polar surface area (TPSA) is 96.5 Å². The third-order valence-electron chi connectivity index (χ3n) is 4.40. The summed E-state index contributed by atoms with van der Waals surface area (Å²) in [5.74, 6) is -1.39. The van der Waals surface area contributed by atoms with E-state index in [9.17, 15) is 14.0 Å². The SMILES string of the molecule is Cc1nc(N2CCOCC2)sc1C(=O)NNC(=O)c1cnc(-c2ccccc2F)s1. The number of hydrogen-bond acceptors (Lipinski definition) is 8. The smallest absolute Gasteiger partial charge is 0.281 e. The van der Waals surface area contributed by atoms with Gasteiger partial charge in [-0.05, 0) is 19.1 Å². The number of anilines is 1. The summed E-state index contributed by atoms with van der Waals surface area (Å²) in [5, 5.41) is 1.14. The summed E-state index contributed by atoms with van der Waals surface area (Å²) in [7, 11) is 0. The molecule has 11 heteroatoms. The minimum absolute atomic E-state index is 0.253. The standard InChI is InChI=1S/C19H18FN5O3S2/c1-11-15(30-19(22-11)25-6-8-28-9-7-25)17(27)24-23-16(26)14-10-21-18(29-14)12-4-2-3-5-13(12)20/h2-5,10H,6-9H2,1H3,(H,23,26)(H,24,27). The summed E-state index contributed by atoms with van der Waals surface area (Å²) in [6.45, 7) is 4.45. The average molecular weight is 448 g/mol. The fourth-order valence-electron chi connectivity index (χ4n) is 2.85. The zero-order chi connectivity index (χ0) is 21.1. The molecule has 0 spiro atoms. The number of aryl methyl sites for hydroxylation is 1. The molecule has 0 unspecified atom stereocenters. The van der Waals surface area contributed by atoms with E-state index in [2.05, 4.69) is 25.7 Å². The highest BCUT2D eigenvalue weighted by Crippen LogP contribution is 2.28. The van der Waals surface area contributed by atoms with Crippen molar-refractivity contribution in [2.75, 3.05) is 31.2 Å². The maximum Gasteiger partial charge on any atom is 0.281 e. The van der Waals surface area contributed by atoms with Crippen LogP contribution in [0.3, 0.4) is 0 Å². The van der Waals surface area contributed by atoms with Crippen LogP contribution >= 0.6 is 22.7 Å². The van der Waals surface area contributed by atoms with E-state index in [1.165, 1.54) is 23.6 Å². The number of amides is 2. The Hall–Kier alpha value is -2.89. The molecule has 2 N–H and O–H groups in total. The van der Waals surface area contributed by atoms with Gasteiger partial charge >= 0.3 is 0 Å². The zero-order valence-corrected chi connectivity index (χ0v) is 17.6. The van der Waals surface area contributed by atoms with E-state index in [0.29, 0.717) is 34.4 Å². The van der Waals surface area contributed by atoms with E-state index in [-0.39, 0.29) is 4.88 Å². The summed E-state index contributed by atoms with van der Waals surface area (Å²) >= 11 is 2.31. The maximum atomic E-state index is 13.9. The predicted octanol–water partition coefficient (Wildman–Crippen LogP) is 2.63. The van der Waals surface area contributed by atoms with Crippen LogP contribution in [0.4, 0.5) is 9.52 Å². The average Bonchev–Trinajstić information content (AvgIpc) is 3.40. The number of hydrazine groups is 1. The van der Waals surface area contributed by atoms with Crippen LogP contribution in [0.25, 0.3) is 10.6 Å². The summed E-state index contributed by atoms with van der Waals surface area (Å²) < 4.78 is 19.2. The molecule has 2 aromatic heterocycles. The van der Waals surface area contributed by atoms with Gasteiger partial charge in [0, 0.05) is 18.7 Å². The van der Waals surface area contributed by atoms with Gasteiger partial charge in [0.05, 0.1) is 25.1 Å². The van der Waals surface area contributed by atoms with Crippen LogP contribution in [0.15, 0.2) is 30.5 Å². The number of rotatable bonds is 4. The van der Waals surface area contributed by atoms with Crippen molar-refractivity contribution in [2.45, 2.75) is 6.92 Å². The van der Waals surface area contributed by atoms with E-state index in [1.54, 1.807) is 25.1 Å². The van der Waals surface area contributed by atoms with Crippen molar-refractivity contribution < 1.29 is 18.7 Å². The molecule has 0 radical (unpaired) electrons. The quantitative estimate of drug-likeness (QED) is 0.597. The zero-order valence-electron chi connectivity index (χ0n) is 16.0. The van der Waals surface area contributed by atoms with Crippen molar-refractivity contribution in [3.63, 3.8) is 0 Å². The Morgan fingerprint density at radius 1 is 1.13 bits per heavy atom. The first-order valence-corrected chi connectivity index (χ1v) is 10.8. The van der Waals surface area contributed by atoms with Crippen molar-refractivity contribution in [3.05, 3.63) is 51.7 Å². The molecule has 4 rings (SSSR count). The molecule has 156 valence electrons. The van der Waals surface area contributed by atoms with E-state index in [4.69, 9.17) is 4.74 Å². The van der Waals surface area contributed by atoms with Crippen molar-refractivity contribution in [1.82, 2.24) is 20.8 Å². The molecule has 3 aromatic rings. The molecule has 3 heterocycles. The Labute approximate surface area is 179 Å². The molecule has 0 saturated carbocycles. The highest BCUT2D eigenvalue weighted by Gasteiger charge is 2.21. The number of thiazole rings is 2. The fraction of sp³-hybridized carbons (Fsp3) is 0.263. The molecule has 8 nitrogen and oxygen atoms in total. The van der Waals surface area contributed by atoms with E-state index >= 15 is 0 Å². The second kappa shape index (κ2) is 8.86. The van der Waals surface area contributed by atoms with Gasteiger partial charge in [0.2, 0.25) is 0 Å². The molecular formula is C19H18FN5O3S2. The van der Waals surface area contributed by atoms with Crippen molar-refractivity contribution in [2.24, 2.45) is 0 Å². The molecule has 1 aromatic carbocycles. The van der Waals surface area contributed by atoms with Gasteiger partial charge in [-0.3, -0.25) is 20.4 Å². The molecule has 0 bridgehead atoms. The number of aromatic nitrogens is 2. The summed E-state index contributed by atoms with van der Waals surface area (Å²) in [6.07, 6.45) is 1.35. The number of hydrogen-bond donors (Lipinski definition) is 2. The van der Waals surface area contributed by atoms with Gasteiger partial charge in [-0.2, -0.15) is 0 Å². The number of ether oxygens (including phenoxy) is 1. The highest BCUT2D eigenvalue weighted by molar-refractivity contribution is 7.17. The first kappa shape index (κ1) is 20.4. The molecule has 30 heavy (non-hydrogen) atoms. The van der Waals surface area contributed by atoms with Crippen molar-refractivity contribution >= 4 is 39.6 Å². The van der Waals surface area contributed by atoms with Crippen LogP contribution in [0.5, 0.6) is 0 Å². The Bertz CT molecular complexity index is 1080. The molecular weight excluding hydrogens is 429 g/mol. The van der Waals surface area contributed by atoms with Crippen LogP contribution in [0, 0.1) is 12.7 Å². The van der Waals surface area contributed by atoms with Crippen LogP contribution < -0.4 is 15.8 Å². The predicted molar refractivity (Wildman–Crippen MR) is 112 cm³/mol. The Morgan fingerprint density at radius 3 is 2.63 bits per heavy atom. The monoisotopic (exact) mass is 447 g/mol. The van der Waals surface area contributed by atoms with Gasteiger partial charge in [0.15, 0.2) is 5.13 Å². The summed E-state index contributed by atoms with van der Waals surface area (Å²) in [6, 6.07) is 6.21. The number of halogens is 1. The largest absolute Gasteiger partial charge is 0.378 e. The van der Waals surface area contributed by atoms with Crippen molar-refractivity contribution in [1.29, 1.82) is 0 Å². The number of nitrogens with one attached hydrogen (secondary N) is 2. The van der Waals surface area contributed by atoms with E-state index < -0.39 is 17.6 Å². The summed E-state index contributed by atoms with van der Waals surface area (Å²) in [4.78, 5) is 36.2. The molecule has 0 atom stereocenters. The second-order valence-corrected chi connectivity index (χ2v) is 8.44. The Balaban J connectivity index is 1.39. The van der Waals surface area contributed by atoms with E-state index in [0.717, 1.165) is 29.6 Å². The fourth-order valence-corrected chi connectivity index (χ4v) is 4.71. The number of carbonyl (C=O) groups is 2. The third kappa shape index (κ3) is 4.32. The number of nitrogens with zero attached hydrogens (tertiary/aromatic N) is 3. The maximum absolute atomic E-state index is 13.9. The minimum atomic E-state index is -0.529. The Kier molecular flexibility index (Phi) is 6.02. The number of morpholine rings is 1. The van der Waals surface area contributed by atoms with Crippen LogP contribution in [-0.4, -0.2) is 48.1 Å². The van der Waals surface area contributed by atoms with Gasteiger partial charge in [0.25, 0.3) is 11.8 Å². The minimum Gasteiger partial charge on any atom is -0.378 e. The van der Waals surface area contributed by atoms with Crippen molar-refractivity contribution in [3.8, 4) is 10.6 Å². The molecule has 1 fully saturated rings. The van der Waals surface area contributed by atoms with E-state index in [1.807, 2.05) is 0 Å². The number of benzene rings is 1. The lowest BCUT2D eigenvalue weighted by Gasteiger charge is -2.25. The Morgan fingerprint density at radius 2 is 1.87 bits per heavy atom. The lowest BCUT2D eigenvalue weighted by atomic mass is 10.2. The number of carbonyl (C=O) groups excluding carboxylic acids is 2. The first-order chi connectivity index (χ1) is 14.5. The third-order valence-corrected chi connectivity index (χ3v) is 6.64. The van der Waals surface area contributed by atoms with Gasteiger partial charge in [-0.1, -0.05) is 23.5 Å². The summed E-state index contributed by atoms with van der Waals surface area (Å²) in [5.41, 5.74) is 5.70. The second-order valence-electron chi connectivity index (χ2n) is 6.43. The normalized spacial score (nSPS) is 13.9. The molecule has 2 amide bonds. The molecule has 1 saturated heterocycles. The molecule has 1 aliphatic heterocycles. The molecule has 0 aliphatic carbocycles. The van der Waals surface area contributed by atoms with Gasteiger partial charge < -0.3 is 9.64 Å². The lowest BCUT2D eigenvalue weighted by Crippen LogP contribution is -2.41. The van der Waals surface area contributed by atoms with Gasteiger partial charge in [-0.25, -0.2) is 14.4 Å². The highest BCUT2D eigenvalue weighted by atomic mass is 32.1. The van der Waals surface area contributed by atoms with Gasteiger partial charge in [0.1, 0.15) is 20.6 Å². The first-order valence-electron chi connectivity index (χ1n) is 9.14. The van der Waals surface area contributed by atoms with Crippen LogP contribution in [0.1, 0.15) is 25.0 Å². The lowest BCUT2D eigenvalue weighted by molar-refractivity contribution is 0.0850. The van der Waals surface area contributed by atoms with Crippen LogP contribution in [-0.2, 0) is 4.74 Å².